The van der Waals surface area contributed by atoms with Crippen LogP contribution in [0.4, 0.5) is 0 Å². The van der Waals surface area contributed by atoms with Crippen molar-refractivity contribution in [3.63, 3.8) is 0 Å². The SMILES string of the molecule is CCCCc1ccc[n+](CCO)c1.[Cl-]. The maximum absolute atomic E-state index is 8.77. The second kappa shape index (κ2) is 7.77. The van der Waals surface area contributed by atoms with Crippen LogP contribution < -0.4 is 17.0 Å². The Morgan fingerprint density at radius 2 is 2.21 bits per heavy atom. The summed E-state index contributed by atoms with van der Waals surface area (Å²) in [6.45, 7) is 3.10. The molecule has 0 aliphatic rings. The van der Waals surface area contributed by atoms with Crippen LogP contribution in [0.25, 0.3) is 0 Å². The van der Waals surface area contributed by atoms with Gasteiger partial charge in [0.15, 0.2) is 18.9 Å². The van der Waals surface area contributed by atoms with Gasteiger partial charge in [0.1, 0.15) is 6.61 Å². The second-order valence-electron chi connectivity index (χ2n) is 3.28. The van der Waals surface area contributed by atoms with E-state index >= 15 is 0 Å². The molecule has 0 spiro atoms. The van der Waals surface area contributed by atoms with Crippen molar-refractivity contribution in [3.05, 3.63) is 30.1 Å². The predicted octanol–water partition coefficient (Wildman–Crippen LogP) is -1.69. The number of aliphatic hydroxyl groups is 1. The van der Waals surface area contributed by atoms with Gasteiger partial charge >= 0.3 is 0 Å². The van der Waals surface area contributed by atoms with Crippen LogP contribution in [-0.2, 0) is 13.0 Å². The number of hydrogen-bond donors (Lipinski definition) is 1. The molecule has 80 valence electrons. The van der Waals surface area contributed by atoms with Gasteiger partial charge in [-0.2, -0.15) is 0 Å². The topological polar surface area (TPSA) is 24.1 Å². The summed E-state index contributed by atoms with van der Waals surface area (Å²) in [5.41, 5.74) is 1.36. The molecular formula is C11H18ClNO. The summed E-state index contributed by atoms with van der Waals surface area (Å²) < 4.78 is 2.03. The Morgan fingerprint density at radius 3 is 2.86 bits per heavy atom. The molecule has 0 fully saturated rings. The number of hydrogen-bond acceptors (Lipinski definition) is 1. The van der Waals surface area contributed by atoms with E-state index in [1.54, 1.807) is 0 Å². The van der Waals surface area contributed by atoms with Crippen molar-refractivity contribution >= 4 is 0 Å². The molecule has 1 heterocycles. The molecule has 1 aromatic rings. The Morgan fingerprint density at radius 1 is 1.43 bits per heavy atom. The molecule has 0 atom stereocenters. The number of aryl methyl sites for hydroxylation is 1. The van der Waals surface area contributed by atoms with Crippen molar-refractivity contribution in [2.24, 2.45) is 0 Å². The number of rotatable bonds is 5. The smallest absolute Gasteiger partial charge is 0.172 e. The van der Waals surface area contributed by atoms with E-state index in [0.29, 0.717) is 6.54 Å². The third-order valence-corrected chi connectivity index (χ3v) is 2.10. The number of unbranched alkanes of at least 4 members (excludes halogenated alkanes) is 1. The highest BCUT2D eigenvalue weighted by molar-refractivity contribution is 5.05. The summed E-state index contributed by atoms with van der Waals surface area (Å²) in [7, 11) is 0. The molecule has 0 aliphatic carbocycles. The number of aromatic nitrogens is 1. The fourth-order valence-corrected chi connectivity index (χ4v) is 1.36. The van der Waals surface area contributed by atoms with Gasteiger partial charge in [-0.25, -0.2) is 4.57 Å². The first-order valence-corrected chi connectivity index (χ1v) is 4.95. The van der Waals surface area contributed by atoms with E-state index in [4.69, 9.17) is 5.11 Å². The fourth-order valence-electron chi connectivity index (χ4n) is 1.36. The van der Waals surface area contributed by atoms with Crippen molar-refractivity contribution in [1.82, 2.24) is 0 Å². The zero-order valence-electron chi connectivity index (χ0n) is 8.62. The van der Waals surface area contributed by atoms with Crippen molar-refractivity contribution < 1.29 is 22.1 Å². The summed E-state index contributed by atoms with van der Waals surface area (Å²) in [6.07, 6.45) is 7.72. The number of nitrogens with zero attached hydrogens (tertiary/aromatic N) is 1. The lowest BCUT2D eigenvalue weighted by molar-refractivity contribution is -0.698. The van der Waals surface area contributed by atoms with E-state index in [0.717, 1.165) is 6.42 Å². The molecule has 0 saturated heterocycles. The van der Waals surface area contributed by atoms with Crippen LogP contribution >= 0.6 is 0 Å². The molecule has 1 rings (SSSR count). The third-order valence-electron chi connectivity index (χ3n) is 2.10. The minimum atomic E-state index is 0. The van der Waals surface area contributed by atoms with Crippen LogP contribution in [0.15, 0.2) is 24.5 Å². The summed E-state index contributed by atoms with van der Waals surface area (Å²) in [4.78, 5) is 0. The summed E-state index contributed by atoms with van der Waals surface area (Å²) >= 11 is 0. The van der Waals surface area contributed by atoms with Crippen LogP contribution in [-0.4, -0.2) is 11.7 Å². The van der Waals surface area contributed by atoms with Crippen LogP contribution in [0.5, 0.6) is 0 Å². The highest BCUT2D eigenvalue weighted by Crippen LogP contribution is 2.01. The zero-order valence-corrected chi connectivity index (χ0v) is 9.37. The molecule has 0 aliphatic heterocycles. The molecule has 3 heteroatoms. The lowest BCUT2D eigenvalue weighted by Gasteiger charge is -1.98. The quantitative estimate of drug-likeness (QED) is 0.583. The van der Waals surface area contributed by atoms with Gasteiger partial charge in [-0.05, 0) is 18.9 Å². The van der Waals surface area contributed by atoms with E-state index in [9.17, 15) is 0 Å². The normalized spacial score (nSPS) is 9.57. The average Bonchev–Trinajstić information content (AvgIpc) is 2.16. The molecule has 0 amide bonds. The predicted molar refractivity (Wildman–Crippen MR) is 52.3 cm³/mol. The molecule has 1 aromatic heterocycles. The van der Waals surface area contributed by atoms with Crippen LogP contribution in [0.3, 0.4) is 0 Å². The Kier molecular flexibility index (Phi) is 7.44. The number of aliphatic hydroxyl groups excluding tert-OH is 1. The van der Waals surface area contributed by atoms with Gasteiger partial charge in [0.05, 0.1) is 0 Å². The molecule has 2 nitrogen and oxygen atoms in total. The van der Waals surface area contributed by atoms with Gasteiger partial charge in [-0.15, -0.1) is 0 Å². The minimum absolute atomic E-state index is 0. The van der Waals surface area contributed by atoms with Crippen molar-refractivity contribution in [2.45, 2.75) is 32.7 Å². The first kappa shape index (κ1) is 13.4. The second-order valence-corrected chi connectivity index (χ2v) is 3.28. The molecule has 0 saturated carbocycles. The van der Waals surface area contributed by atoms with Gasteiger partial charge in [0.2, 0.25) is 0 Å². The maximum Gasteiger partial charge on any atom is 0.172 e. The summed E-state index contributed by atoms with van der Waals surface area (Å²) in [5, 5.41) is 8.77. The van der Waals surface area contributed by atoms with E-state index in [1.807, 2.05) is 16.8 Å². The molecule has 0 bridgehead atoms. The molecule has 14 heavy (non-hydrogen) atoms. The van der Waals surface area contributed by atoms with Crippen LogP contribution in [0.2, 0.25) is 0 Å². The van der Waals surface area contributed by atoms with Gasteiger partial charge in [-0.3, -0.25) is 0 Å². The Balaban J connectivity index is 0.00000169. The van der Waals surface area contributed by atoms with E-state index in [1.165, 1.54) is 18.4 Å². The first-order chi connectivity index (χ1) is 6.36. The molecular weight excluding hydrogens is 198 g/mol. The van der Waals surface area contributed by atoms with Gasteiger partial charge in [0, 0.05) is 11.6 Å². The zero-order chi connectivity index (χ0) is 9.52. The lowest BCUT2D eigenvalue weighted by atomic mass is 10.1. The van der Waals surface area contributed by atoms with Crippen LogP contribution in [0.1, 0.15) is 25.3 Å². The standard InChI is InChI=1S/C11H18NO.ClH/c1-2-3-5-11-6-4-7-12(10-11)8-9-13;/h4,6-7,10,13H,2-3,5,8-9H2,1H3;1H/q+1;/p-1. The van der Waals surface area contributed by atoms with Crippen LogP contribution in [0, 0.1) is 0 Å². The lowest BCUT2D eigenvalue weighted by Crippen LogP contribution is -3.00. The van der Waals surface area contributed by atoms with Gasteiger partial charge < -0.3 is 17.5 Å². The highest BCUT2D eigenvalue weighted by atomic mass is 35.5. The third kappa shape index (κ3) is 4.58. The van der Waals surface area contributed by atoms with Gasteiger partial charge in [-0.1, -0.05) is 13.3 Å². The summed E-state index contributed by atoms with van der Waals surface area (Å²) in [5.74, 6) is 0. The monoisotopic (exact) mass is 215 g/mol. The Bertz CT molecular complexity index is 253. The first-order valence-electron chi connectivity index (χ1n) is 4.95. The Hall–Kier alpha value is -0.600. The van der Waals surface area contributed by atoms with E-state index < -0.39 is 0 Å². The fraction of sp³-hybridized carbons (Fsp3) is 0.545. The largest absolute Gasteiger partial charge is 1.00 e. The average molecular weight is 216 g/mol. The number of pyridine rings is 1. The highest BCUT2D eigenvalue weighted by Gasteiger charge is 2.00. The molecule has 0 radical (unpaired) electrons. The molecule has 0 unspecified atom stereocenters. The molecule has 0 aromatic carbocycles. The van der Waals surface area contributed by atoms with Crippen molar-refractivity contribution in [2.75, 3.05) is 6.61 Å². The summed E-state index contributed by atoms with van der Waals surface area (Å²) in [6, 6.07) is 4.18. The van der Waals surface area contributed by atoms with E-state index in [2.05, 4.69) is 19.2 Å². The Labute approximate surface area is 92.0 Å². The van der Waals surface area contributed by atoms with Crippen molar-refractivity contribution in [1.29, 1.82) is 0 Å². The number of halogens is 1. The van der Waals surface area contributed by atoms with Gasteiger partial charge in [0.25, 0.3) is 0 Å². The minimum Gasteiger partial charge on any atom is -1.00 e. The van der Waals surface area contributed by atoms with E-state index in [-0.39, 0.29) is 19.0 Å². The van der Waals surface area contributed by atoms with Crippen molar-refractivity contribution in [3.8, 4) is 0 Å². The maximum atomic E-state index is 8.77. The molecule has 1 N–H and O–H groups in total.